The van der Waals surface area contributed by atoms with E-state index in [9.17, 15) is 17.6 Å². The number of rotatable bonds is 4. The molecular formula is C23H38ClFN2O4S. The van der Waals surface area contributed by atoms with Crippen molar-refractivity contribution in [2.24, 2.45) is 11.8 Å². The zero-order valence-corrected chi connectivity index (χ0v) is 20.8. The fourth-order valence-electron chi connectivity index (χ4n) is 6.32. The Balaban J connectivity index is 1.46. The average Bonchev–Trinajstić information content (AvgIpc) is 2.73. The number of sulfonamides is 1. The van der Waals surface area contributed by atoms with Crippen molar-refractivity contribution < 1.29 is 22.3 Å². The van der Waals surface area contributed by atoms with Crippen molar-refractivity contribution in [3.8, 4) is 0 Å². The Morgan fingerprint density at radius 1 is 1.06 bits per heavy atom. The van der Waals surface area contributed by atoms with Gasteiger partial charge in [-0.15, -0.1) is 11.6 Å². The molecule has 7 atom stereocenters. The third-order valence-corrected chi connectivity index (χ3v) is 11.0. The zero-order valence-electron chi connectivity index (χ0n) is 19.2. The van der Waals surface area contributed by atoms with Gasteiger partial charge in [-0.3, -0.25) is 4.79 Å². The largest absolute Gasteiger partial charge is 0.372 e. The first-order valence-electron chi connectivity index (χ1n) is 12.4. The van der Waals surface area contributed by atoms with E-state index < -0.39 is 21.4 Å². The molecular weight excluding hydrogens is 455 g/mol. The molecule has 6 nitrogen and oxygen atoms in total. The van der Waals surface area contributed by atoms with E-state index in [2.05, 4.69) is 12.2 Å². The van der Waals surface area contributed by atoms with Crippen molar-refractivity contribution in [1.29, 1.82) is 0 Å². The lowest BCUT2D eigenvalue weighted by atomic mass is 9.79. The van der Waals surface area contributed by atoms with E-state index in [0.717, 1.165) is 25.7 Å². The standard InChI is InChI=1S/C23H38ClFN2O4S/c1-14-4-3-5-19(24)22(14)23(28)26-17-8-11-21-20(12-17)27(13-15(2)31-21)32(29,30)18-9-6-16(25)7-10-18/h14-22H,3-13H2,1-2H3,(H,26,28)/t14?,15-,16?,17?,18?,19?,20?,21?,22?/m0/s1. The Morgan fingerprint density at radius 3 is 2.47 bits per heavy atom. The van der Waals surface area contributed by atoms with Gasteiger partial charge in [0, 0.05) is 18.0 Å². The molecule has 0 aromatic rings. The second-order valence-electron chi connectivity index (χ2n) is 10.5. The maximum absolute atomic E-state index is 13.6. The predicted molar refractivity (Wildman–Crippen MR) is 123 cm³/mol. The second-order valence-corrected chi connectivity index (χ2v) is 13.2. The summed E-state index contributed by atoms with van der Waals surface area (Å²) < 4.78 is 48.5. The van der Waals surface area contributed by atoms with Crippen LogP contribution in [0.25, 0.3) is 0 Å². The topological polar surface area (TPSA) is 75.7 Å². The third kappa shape index (κ3) is 5.13. The van der Waals surface area contributed by atoms with E-state index in [1.54, 1.807) is 4.31 Å². The SMILES string of the molecule is CC1CCCC(Cl)C1C(=O)NC1CCC2O[C@@H](C)CN(S(=O)(=O)C3CCC(F)CC3)C2C1. The molecule has 9 heteroatoms. The third-order valence-electron chi connectivity index (χ3n) is 8.11. The van der Waals surface area contributed by atoms with Crippen molar-refractivity contribution in [1.82, 2.24) is 9.62 Å². The number of amides is 1. The minimum Gasteiger partial charge on any atom is -0.372 e. The number of alkyl halides is 2. The van der Waals surface area contributed by atoms with Crippen LogP contribution in [0.15, 0.2) is 0 Å². The van der Waals surface area contributed by atoms with Crippen LogP contribution >= 0.6 is 11.6 Å². The van der Waals surface area contributed by atoms with Gasteiger partial charge in [-0.1, -0.05) is 13.3 Å². The molecule has 0 radical (unpaired) electrons. The van der Waals surface area contributed by atoms with Gasteiger partial charge in [-0.05, 0) is 70.6 Å². The summed E-state index contributed by atoms with van der Waals surface area (Å²) in [5, 5.41) is 2.54. The normalized spacial score (nSPS) is 43.9. The maximum atomic E-state index is 13.6. The average molecular weight is 493 g/mol. The van der Waals surface area contributed by atoms with Crippen molar-refractivity contribution in [2.45, 2.75) is 119 Å². The molecule has 0 aromatic heterocycles. The molecule has 4 aliphatic rings. The summed E-state index contributed by atoms with van der Waals surface area (Å²) in [5.41, 5.74) is 0. The summed E-state index contributed by atoms with van der Waals surface area (Å²) in [5.74, 6) is 0.0619. The molecule has 6 unspecified atom stereocenters. The molecule has 184 valence electrons. The summed E-state index contributed by atoms with van der Waals surface area (Å²) in [4.78, 5) is 13.1. The van der Waals surface area contributed by atoms with Crippen LogP contribution in [-0.2, 0) is 19.6 Å². The van der Waals surface area contributed by atoms with Gasteiger partial charge in [-0.2, -0.15) is 4.31 Å². The van der Waals surface area contributed by atoms with E-state index in [1.165, 1.54) is 0 Å². The minimum absolute atomic E-state index is 0.00132. The Morgan fingerprint density at radius 2 is 1.78 bits per heavy atom. The molecule has 4 fully saturated rings. The lowest BCUT2D eigenvalue weighted by molar-refractivity contribution is -0.130. The number of carbonyl (C=O) groups is 1. The number of nitrogens with one attached hydrogen (secondary N) is 1. The lowest BCUT2D eigenvalue weighted by Crippen LogP contribution is -2.62. The number of hydrogen-bond acceptors (Lipinski definition) is 4. The molecule has 1 N–H and O–H groups in total. The molecule has 3 aliphatic carbocycles. The van der Waals surface area contributed by atoms with Crippen LogP contribution in [0, 0.1) is 11.8 Å². The Bertz CT molecular complexity index is 766. The highest BCUT2D eigenvalue weighted by molar-refractivity contribution is 7.89. The van der Waals surface area contributed by atoms with Gasteiger partial charge in [-0.25, -0.2) is 12.8 Å². The summed E-state index contributed by atoms with van der Waals surface area (Å²) in [6, 6.07) is -0.369. The number of morpholine rings is 1. The molecule has 4 rings (SSSR count). The zero-order chi connectivity index (χ0) is 23.0. The van der Waals surface area contributed by atoms with Crippen LogP contribution in [-0.4, -0.2) is 66.3 Å². The van der Waals surface area contributed by atoms with E-state index in [-0.39, 0.29) is 47.4 Å². The van der Waals surface area contributed by atoms with Crippen molar-refractivity contribution in [2.75, 3.05) is 6.54 Å². The van der Waals surface area contributed by atoms with E-state index in [1.807, 2.05) is 6.92 Å². The van der Waals surface area contributed by atoms with Gasteiger partial charge in [0.05, 0.1) is 29.4 Å². The Labute approximate surface area is 197 Å². The number of nitrogens with zero attached hydrogens (tertiary/aromatic N) is 1. The van der Waals surface area contributed by atoms with Gasteiger partial charge in [0.1, 0.15) is 6.17 Å². The molecule has 1 saturated heterocycles. The molecule has 3 saturated carbocycles. The number of fused-ring (bicyclic) bond motifs is 1. The van der Waals surface area contributed by atoms with Crippen LogP contribution in [0.2, 0.25) is 0 Å². The number of hydrogen-bond donors (Lipinski definition) is 1. The summed E-state index contributed by atoms with van der Waals surface area (Å²) in [6.45, 7) is 4.33. The highest BCUT2D eigenvalue weighted by atomic mass is 35.5. The predicted octanol–water partition coefficient (Wildman–Crippen LogP) is 3.77. The highest BCUT2D eigenvalue weighted by Crippen LogP contribution is 2.38. The molecule has 32 heavy (non-hydrogen) atoms. The van der Waals surface area contributed by atoms with Gasteiger partial charge in [0.25, 0.3) is 0 Å². The highest BCUT2D eigenvalue weighted by Gasteiger charge is 2.48. The first-order valence-corrected chi connectivity index (χ1v) is 14.4. The molecule has 1 amide bonds. The quantitative estimate of drug-likeness (QED) is 0.606. The van der Waals surface area contributed by atoms with Gasteiger partial charge < -0.3 is 10.1 Å². The summed E-state index contributed by atoms with van der Waals surface area (Å²) in [6.07, 6.45) is 5.13. The van der Waals surface area contributed by atoms with Crippen molar-refractivity contribution >= 4 is 27.5 Å². The van der Waals surface area contributed by atoms with Crippen LogP contribution in [0.4, 0.5) is 4.39 Å². The molecule has 0 aromatic carbocycles. The van der Waals surface area contributed by atoms with Crippen LogP contribution in [0.5, 0.6) is 0 Å². The van der Waals surface area contributed by atoms with Crippen molar-refractivity contribution in [3.63, 3.8) is 0 Å². The van der Waals surface area contributed by atoms with E-state index >= 15 is 0 Å². The molecule has 1 heterocycles. The maximum Gasteiger partial charge on any atom is 0.225 e. The Kier molecular flexibility index (Phi) is 7.75. The monoisotopic (exact) mass is 492 g/mol. The van der Waals surface area contributed by atoms with Gasteiger partial charge in [0.15, 0.2) is 0 Å². The van der Waals surface area contributed by atoms with Gasteiger partial charge in [0.2, 0.25) is 15.9 Å². The number of halogens is 2. The van der Waals surface area contributed by atoms with Crippen LogP contribution < -0.4 is 5.32 Å². The van der Waals surface area contributed by atoms with Gasteiger partial charge >= 0.3 is 0 Å². The Hall–Kier alpha value is -0.440. The summed E-state index contributed by atoms with van der Waals surface area (Å²) in [7, 11) is -3.55. The molecule has 0 spiro atoms. The molecule has 0 bridgehead atoms. The fraction of sp³-hybridized carbons (Fsp3) is 0.957. The second kappa shape index (κ2) is 10.0. The van der Waals surface area contributed by atoms with E-state index in [0.29, 0.717) is 45.1 Å². The smallest absolute Gasteiger partial charge is 0.225 e. The first-order chi connectivity index (χ1) is 15.2. The first kappa shape index (κ1) is 24.7. The minimum atomic E-state index is -3.55. The van der Waals surface area contributed by atoms with E-state index in [4.69, 9.17) is 16.3 Å². The number of ether oxygens (including phenoxy) is 1. The van der Waals surface area contributed by atoms with Crippen LogP contribution in [0.1, 0.15) is 78.1 Å². The summed E-state index contributed by atoms with van der Waals surface area (Å²) >= 11 is 6.50. The van der Waals surface area contributed by atoms with Crippen LogP contribution in [0.3, 0.4) is 0 Å². The fourth-order valence-corrected chi connectivity index (χ4v) is 9.10. The number of carbonyl (C=O) groups excluding carboxylic acids is 1. The molecule has 1 aliphatic heterocycles. The lowest BCUT2D eigenvalue weighted by Gasteiger charge is -2.48. The van der Waals surface area contributed by atoms with Crippen molar-refractivity contribution in [3.05, 3.63) is 0 Å².